The quantitative estimate of drug-likeness (QED) is 0.432. The molecule has 0 aromatic carbocycles. The highest BCUT2D eigenvalue weighted by Gasteiger charge is 2.06. The van der Waals surface area contributed by atoms with E-state index in [0.29, 0.717) is 18.7 Å². The summed E-state index contributed by atoms with van der Waals surface area (Å²) < 4.78 is 9.98. The number of hydrogen-bond acceptors (Lipinski definition) is 4. The lowest BCUT2D eigenvalue weighted by molar-refractivity contribution is -0.138. The number of nitrogens with one attached hydrogen (secondary N) is 1. The van der Waals surface area contributed by atoms with Crippen LogP contribution < -0.4 is 5.32 Å². The number of ether oxygens (including phenoxy) is 1. The van der Waals surface area contributed by atoms with Crippen LogP contribution in [0.1, 0.15) is 12.7 Å². The van der Waals surface area contributed by atoms with Crippen molar-refractivity contribution in [1.29, 1.82) is 0 Å². The van der Waals surface area contributed by atoms with Crippen LogP contribution in [0.3, 0.4) is 0 Å². The minimum Gasteiger partial charge on any atom is -0.469 e. The Kier molecular flexibility index (Phi) is 5.36. The van der Waals surface area contributed by atoms with E-state index >= 15 is 0 Å². The molecule has 0 saturated carbocycles. The molecule has 1 aromatic heterocycles. The van der Waals surface area contributed by atoms with Gasteiger partial charge in [0.25, 0.3) is 0 Å². The molecule has 0 radical (unpaired) electrons. The van der Waals surface area contributed by atoms with Crippen LogP contribution in [0.25, 0.3) is 0 Å². The smallest absolute Gasteiger partial charge is 0.334 e. The van der Waals surface area contributed by atoms with Crippen molar-refractivity contribution in [1.82, 2.24) is 5.32 Å². The van der Waals surface area contributed by atoms with E-state index in [-0.39, 0.29) is 5.97 Å². The van der Waals surface area contributed by atoms with E-state index in [2.05, 4.69) is 11.9 Å². The van der Waals surface area contributed by atoms with Crippen molar-refractivity contribution in [2.45, 2.75) is 13.3 Å². The molecule has 0 unspecified atom stereocenters. The summed E-state index contributed by atoms with van der Waals surface area (Å²) in [5, 5.41) is 3.10. The monoisotopic (exact) mass is 223 g/mol. The Hall–Kier alpha value is -1.55. The minimum atomic E-state index is -0.340. The van der Waals surface area contributed by atoms with Crippen LogP contribution >= 0.6 is 0 Å². The second kappa shape index (κ2) is 6.85. The molecular weight excluding hydrogens is 206 g/mol. The molecule has 0 saturated heterocycles. The zero-order chi connectivity index (χ0) is 11.8. The molecule has 1 heterocycles. The van der Waals surface area contributed by atoms with Gasteiger partial charge in [0, 0.05) is 25.1 Å². The van der Waals surface area contributed by atoms with E-state index in [1.165, 1.54) is 0 Å². The third-order valence-electron chi connectivity index (χ3n) is 2.03. The fraction of sp³-hybridized carbons (Fsp3) is 0.417. The fourth-order valence-electron chi connectivity index (χ4n) is 1.21. The Balaban J connectivity index is 2.11. The van der Waals surface area contributed by atoms with Gasteiger partial charge in [0.15, 0.2) is 0 Å². The SMILES string of the molecule is C=C(CNCCc1ccco1)C(=O)OCC. The molecule has 0 atom stereocenters. The maximum absolute atomic E-state index is 11.2. The molecule has 0 spiro atoms. The number of rotatable bonds is 7. The van der Waals surface area contributed by atoms with E-state index in [1.807, 2.05) is 12.1 Å². The number of hydrogen-bond donors (Lipinski definition) is 1. The number of esters is 1. The van der Waals surface area contributed by atoms with E-state index in [4.69, 9.17) is 9.15 Å². The molecule has 4 nitrogen and oxygen atoms in total. The lowest BCUT2D eigenvalue weighted by atomic mass is 10.3. The Labute approximate surface area is 95.3 Å². The molecule has 0 aliphatic rings. The van der Waals surface area contributed by atoms with Gasteiger partial charge in [-0.15, -0.1) is 0 Å². The molecule has 88 valence electrons. The summed E-state index contributed by atoms with van der Waals surface area (Å²) in [6.45, 7) is 6.99. The topological polar surface area (TPSA) is 51.5 Å². The molecule has 4 heteroatoms. The summed E-state index contributed by atoms with van der Waals surface area (Å²) in [5.41, 5.74) is 0.446. The Morgan fingerprint density at radius 1 is 1.62 bits per heavy atom. The Bertz CT molecular complexity index is 330. The van der Waals surface area contributed by atoms with Crippen LogP contribution in [0.2, 0.25) is 0 Å². The van der Waals surface area contributed by atoms with Gasteiger partial charge in [-0.2, -0.15) is 0 Å². The van der Waals surface area contributed by atoms with Crippen LogP contribution in [0.15, 0.2) is 35.0 Å². The van der Waals surface area contributed by atoms with E-state index in [9.17, 15) is 4.79 Å². The first kappa shape index (κ1) is 12.5. The zero-order valence-electron chi connectivity index (χ0n) is 9.49. The highest BCUT2D eigenvalue weighted by molar-refractivity contribution is 5.88. The van der Waals surface area contributed by atoms with Crippen molar-refractivity contribution >= 4 is 5.97 Å². The summed E-state index contributed by atoms with van der Waals surface area (Å²) in [5.74, 6) is 0.585. The maximum Gasteiger partial charge on any atom is 0.334 e. The van der Waals surface area contributed by atoms with Crippen molar-refractivity contribution < 1.29 is 13.9 Å². The third kappa shape index (κ3) is 4.31. The second-order valence-electron chi connectivity index (χ2n) is 3.33. The summed E-state index contributed by atoms with van der Waals surface area (Å²) in [7, 11) is 0. The summed E-state index contributed by atoms with van der Waals surface area (Å²) >= 11 is 0. The number of carbonyl (C=O) groups excluding carboxylic acids is 1. The van der Waals surface area contributed by atoms with Gasteiger partial charge in [0.2, 0.25) is 0 Å². The predicted molar refractivity (Wildman–Crippen MR) is 61.1 cm³/mol. The molecule has 0 amide bonds. The van der Waals surface area contributed by atoms with E-state index < -0.39 is 0 Å². The van der Waals surface area contributed by atoms with Crippen molar-refractivity contribution in [3.8, 4) is 0 Å². The third-order valence-corrected chi connectivity index (χ3v) is 2.03. The van der Waals surface area contributed by atoms with Gasteiger partial charge >= 0.3 is 5.97 Å². The molecule has 0 bridgehead atoms. The summed E-state index contributed by atoms with van der Waals surface area (Å²) in [4.78, 5) is 11.2. The highest BCUT2D eigenvalue weighted by Crippen LogP contribution is 1.99. The normalized spacial score (nSPS) is 10.1. The molecule has 1 rings (SSSR count). The molecular formula is C12H17NO3. The molecule has 16 heavy (non-hydrogen) atoms. The largest absolute Gasteiger partial charge is 0.469 e. The van der Waals surface area contributed by atoms with Crippen LogP contribution in [-0.4, -0.2) is 25.7 Å². The average molecular weight is 223 g/mol. The molecule has 0 aliphatic carbocycles. The van der Waals surface area contributed by atoms with Crippen LogP contribution in [0.5, 0.6) is 0 Å². The van der Waals surface area contributed by atoms with Gasteiger partial charge in [-0.25, -0.2) is 4.79 Å². The Morgan fingerprint density at radius 2 is 2.44 bits per heavy atom. The van der Waals surface area contributed by atoms with Crippen LogP contribution in [0, 0.1) is 0 Å². The van der Waals surface area contributed by atoms with Crippen molar-refractivity contribution in [2.75, 3.05) is 19.7 Å². The summed E-state index contributed by atoms with van der Waals surface area (Å²) in [6.07, 6.45) is 2.44. The van der Waals surface area contributed by atoms with Gasteiger partial charge in [0.1, 0.15) is 5.76 Å². The number of furan rings is 1. The predicted octanol–water partition coefficient (Wildman–Crippen LogP) is 1.53. The van der Waals surface area contributed by atoms with Gasteiger partial charge in [-0.05, 0) is 19.1 Å². The minimum absolute atomic E-state index is 0.340. The molecule has 1 N–H and O–H groups in total. The standard InChI is InChI=1S/C12H17NO3/c1-3-15-12(14)10(2)9-13-7-6-11-5-4-8-16-11/h4-5,8,13H,2-3,6-7,9H2,1H3. The van der Waals surface area contributed by atoms with Crippen molar-refractivity contribution in [3.63, 3.8) is 0 Å². The van der Waals surface area contributed by atoms with E-state index in [0.717, 1.165) is 18.7 Å². The first-order chi connectivity index (χ1) is 7.74. The van der Waals surface area contributed by atoms with Crippen LogP contribution in [0.4, 0.5) is 0 Å². The van der Waals surface area contributed by atoms with Gasteiger partial charge in [-0.1, -0.05) is 6.58 Å². The lowest BCUT2D eigenvalue weighted by Crippen LogP contribution is -2.23. The first-order valence-corrected chi connectivity index (χ1v) is 5.32. The van der Waals surface area contributed by atoms with Crippen molar-refractivity contribution in [3.05, 3.63) is 36.3 Å². The molecule has 0 fully saturated rings. The second-order valence-corrected chi connectivity index (χ2v) is 3.33. The summed E-state index contributed by atoms with van der Waals surface area (Å²) in [6, 6.07) is 3.77. The fourth-order valence-corrected chi connectivity index (χ4v) is 1.21. The maximum atomic E-state index is 11.2. The molecule has 1 aromatic rings. The van der Waals surface area contributed by atoms with Gasteiger partial charge in [-0.3, -0.25) is 0 Å². The molecule has 0 aliphatic heterocycles. The average Bonchev–Trinajstić information content (AvgIpc) is 2.77. The first-order valence-electron chi connectivity index (χ1n) is 5.32. The van der Waals surface area contributed by atoms with E-state index in [1.54, 1.807) is 13.2 Å². The zero-order valence-corrected chi connectivity index (χ0v) is 9.49. The van der Waals surface area contributed by atoms with Crippen LogP contribution in [-0.2, 0) is 16.0 Å². The van der Waals surface area contributed by atoms with Gasteiger partial charge in [0.05, 0.1) is 12.9 Å². The number of carbonyl (C=O) groups is 1. The van der Waals surface area contributed by atoms with Gasteiger partial charge < -0.3 is 14.5 Å². The van der Waals surface area contributed by atoms with Crippen molar-refractivity contribution in [2.24, 2.45) is 0 Å². The lowest BCUT2D eigenvalue weighted by Gasteiger charge is -2.06. The highest BCUT2D eigenvalue weighted by atomic mass is 16.5. The Morgan fingerprint density at radius 3 is 3.06 bits per heavy atom.